The van der Waals surface area contributed by atoms with E-state index in [1.54, 1.807) is 18.2 Å². The topological polar surface area (TPSA) is 35.2 Å². The molecule has 0 spiro atoms. The van der Waals surface area contributed by atoms with Gasteiger partial charge in [-0.25, -0.2) is 8.78 Å². The summed E-state index contributed by atoms with van der Waals surface area (Å²) < 4.78 is 32.8. The molecule has 0 aliphatic rings. The molecule has 0 radical (unpaired) electrons. The number of methoxy groups -OCH3 is 1. The Bertz CT molecular complexity index is 593. The van der Waals surface area contributed by atoms with E-state index >= 15 is 0 Å². The van der Waals surface area contributed by atoms with Crippen molar-refractivity contribution in [1.82, 2.24) is 0 Å². The molecule has 0 saturated heterocycles. The Morgan fingerprint density at radius 3 is 2.32 bits per heavy atom. The van der Waals surface area contributed by atoms with Crippen LogP contribution in [0.2, 0.25) is 5.02 Å². The molecule has 5 heteroatoms. The molecular formula is C14H12ClF2NO. The van der Waals surface area contributed by atoms with Gasteiger partial charge in [0, 0.05) is 23.7 Å². The Kier molecular flexibility index (Phi) is 4.02. The minimum Gasteiger partial charge on any atom is -0.497 e. The Morgan fingerprint density at radius 2 is 1.79 bits per heavy atom. The lowest BCUT2D eigenvalue weighted by Crippen LogP contribution is -2.01. The van der Waals surface area contributed by atoms with Gasteiger partial charge in [0.05, 0.1) is 12.7 Å². The Balaban J connectivity index is 2.65. The van der Waals surface area contributed by atoms with Crippen molar-refractivity contribution in [1.29, 1.82) is 0 Å². The van der Waals surface area contributed by atoms with Crippen molar-refractivity contribution in [2.45, 2.75) is 6.54 Å². The maximum Gasteiger partial charge on any atom is 0.137 e. The second kappa shape index (κ2) is 5.55. The molecule has 0 aliphatic heterocycles. The van der Waals surface area contributed by atoms with Crippen LogP contribution in [0.15, 0.2) is 30.3 Å². The van der Waals surface area contributed by atoms with Crippen molar-refractivity contribution in [2.75, 3.05) is 7.11 Å². The summed E-state index contributed by atoms with van der Waals surface area (Å²) in [6.45, 7) is 0.140. The van der Waals surface area contributed by atoms with E-state index in [1.807, 2.05) is 0 Å². The summed E-state index contributed by atoms with van der Waals surface area (Å²) in [7, 11) is 1.35. The molecule has 100 valence electrons. The molecule has 0 saturated carbocycles. The SMILES string of the molecule is COc1cc(F)c(-c2ccc(Cl)cc2CN)c(F)c1. The first-order chi connectivity index (χ1) is 9.06. The van der Waals surface area contributed by atoms with Crippen LogP contribution < -0.4 is 10.5 Å². The number of hydrogen-bond donors (Lipinski definition) is 1. The van der Waals surface area contributed by atoms with E-state index < -0.39 is 11.6 Å². The fourth-order valence-electron chi connectivity index (χ4n) is 1.90. The standard InChI is InChI=1S/C14H12ClF2NO/c1-19-10-5-12(16)14(13(17)6-10)11-3-2-9(15)4-8(11)7-18/h2-6H,7,18H2,1H3. The van der Waals surface area contributed by atoms with Crippen molar-refractivity contribution in [3.05, 3.63) is 52.6 Å². The summed E-state index contributed by atoms with van der Waals surface area (Å²) in [5.41, 5.74) is 6.43. The smallest absolute Gasteiger partial charge is 0.137 e. The second-order valence-electron chi connectivity index (χ2n) is 3.97. The van der Waals surface area contributed by atoms with Crippen LogP contribution in [0, 0.1) is 11.6 Å². The van der Waals surface area contributed by atoms with Crippen LogP contribution in [-0.4, -0.2) is 7.11 Å². The zero-order valence-electron chi connectivity index (χ0n) is 10.2. The number of halogens is 3. The summed E-state index contributed by atoms with van der Waals surface area (Å²) in [5.74, 6) is -1.27. The van der Waals surface area contributed by atoms with Gasteiger partial charge in [-0.1, -0.05) is 17.7 Å². The van der Waals surface area contributed by atoms with Gasteiger partial charge < -0.3 is 10.5 Å². The molecule has 2 rings (SSSR count). The quantitative estimate of drug-likeness (QED) is 0.931. The number of nitrogens with two attached hydrogens (primary N) is 1. The summed E-state index contributed by atoms with van der Waals surface area (Å²) in [5, 5.41) is 0.471. The van der Waals surface area contributed by atoms with E-state index in [1.165, 1.54) is 7.11 Å². The molecular weight excluding hydrogens is 272 g/mol. The predicted octanol–water partition coefficient (Wildman–Crippen LogP) is 3.75. The maximum atomic E-state index is 14.0. The average Bonchev–Trinajstić information content (AvgIpc) is 2.39. The summed E-state index contributed by atoms with van der Waals surface area (Å²) >= 11 is 5.85. The lowest BCUT2D eigenvalue weighted by atomic mass is 9.98. The molecule has 2 aromatic rings. The molecule has 0 unspecified atom stereocenters. The van der Waals surface area contributed by atoms with E-state index in [0.717, 1.165) is 12.1 Å². The first-order valence-electron chi connectivity index (χ1n) is 5.58. The molecule has 0 amide bonds. The van der Waals surface area contributed by atoms with Crippen LogP contribution in [-0.2, 0) is 6.54 Å². The molecule has 2 N–H and O–H groups in total. The van der Waals surface area contributed by atoms with Gasteiger partial charge in [-0.2, -0.15) is 0 Å². The zero-order chi connectivity index (χ0) is 14.0. The van der Waals surface area contributed by atoms with Gasteiger partial charge in [-0.3, -0.25) is 0 Å². The highest BCUT2D eigenvalue weighted by Gasteiger charge is 2.16. The minimum atomic E-state index is -0.700. The molecule has 2 aromatic carbocycles. The molecule has 2 nitrogen and oxygen atoms in total. The number of hydrogen-bond acceptors (Lipinski definition) is 2. The van der Waals surface area contributed by atoms with Crippen LogP contribution in [0.25, 0.3) is 11.1 Å². The molecule has 0 fully saturated rings. The van der Waals surface area contributed by atoms with Gasteiger partial charge in [0.1, 0.15) is 17.4 Å². The van der Waals surface area contributed by atoms with Gasteiger partial charge in [0.2, 0.25) is 0 Å². The molecule has 0 aliphatic carbocycles. The maximum absolute atomic E-state index is 14.0. The summed E-state index contributed by atoms with van der Waals surface area (Å²) in [6, 6.07) is 6.98. The van der Waals surface area contributed by atoms with Crippen molar-refractivity contribution in [3.63, 3.8) is 0 Å². The Labute approximate surface area is 114 Å². The number of ether oxygens (including phenoxy) is 1. The summed E-state index contributed by atoms with van der Waals surface area (Å²) in [4.78, 5) is 0. The Hall–Kier alpha value is -1.65. The van der Waals surface area contributed by atoms with Gasteiger partial charge >= 0.3 is 0 Å². The third-order valence-electron chi connectivity index (χ3n) is 2.81. The van der Waals surface area contributed by atoms with E-state index in [9.17, 15) is 8.78 Å². The van der Waals surface area contributed by atoms with E-state index in [2.05, 4.69) is 0 Å². The van der Waals surface area contributed by atoms with Crippen molar-refractivity contribution in [3.8, 4) is 16.9 Å². The van der Waals surface area contributed by atoms with Gasteiger partial charge in [0.25, 0.3) is 0 Å². The van der Waals surface area contributed by atoms with Crippen LogP contribution in [0.1, 0.15) is 5.56 Å². The van der Waals surface area contributed by atoms with Gasteiger partial charge in [0.15, 0.2) is 0 Å². The zero-order valence-corrected chi connectivity index (χ0v) is 11.0. The van der Waals surface area contributed by atoms with Crippen LogP contribution in [0.5, 0.6) is 5.75 Å². The third-order valence-corrected chi connectivity index (χ3v) is 3.04. The fourth-order valence-corrected chi connectivity index (χ4v) is 2.09. The monoisotopic (exact) mass is 283 g/mol. The normalized spacial score (nSPS) is 10.6. The predicted molar refractivity (Wildman–Crippen MR) is 71.2 cm³/mol. The van der Waals surface area contributed by atoms with Gasteiger partial charge in [-0.05, 0) is 23.3 Å². The molecule has 0 atom stereocenters. The van der Waals surface area contributed by atoms with E-state index in [4.69, 9.17) is 22.1 Å². The lowest BCUT2D eigenvalue weighted by Gasteiger charge is -2.12. The number of rotatable bonds is 3. The highest BCUT2D eigenvalue weighted by atomic mass is 35.5. The average molecular weight is 284 g/mol. The lowest BCUT2D eigenvalue weighted by molar-refractivity contribution is 0.407. The van der Waals surface area contributed by atoms with Crippen LogP contribution in [0.4, 0.5) is 8.78 Å². The fraction of sp³-hybridized carbons (Fsp3) is 0.143. The first-order valence-corrected chi connectivity index (χ1v) is 5.96. The van der Waals surface area contributed by atoms with Crippen molar-refractivity contribution in [2.24, 2.45) is 5.73 Å². The minimum absolute atomic E-state index is 0.127. The molecule has 19 heavy (non-hydrogen) atoms. The second-order valence-corrected chi connectivity index (χ2v) is 4.41. The molecule has 0 heterocycles. The number of benzene rings is 2. The third kappa shape index (κ3) is 2.69. The van der Waals surface area contributed by atoms with Crippen molar-refractivity contribution < 1.29 is 13.5 Å². The van der Waals surface area contributed by atoms with E-state index in [-0.39, 0.29) is 17.9 Å². The summed E-state index contributed by atoms with van der Waals surface area (Å²) in [6.07, 6.45) is 0. The van der Waals surface area contributed by atoms with Crippen LogP contribution in [0.3, 0.4) is 0 Å². The molecule has 0 bridgehead atoms. The van der Waals surface area contributed by atoms with Crippen molar-refractivity contribution >= 4 is 11.6 Å². The first kappa shape index (κ1) is 13.8. The van der Waals surface area contributed by atoms with Gasteiger partial charge in [-0.15, -0.1) is 0 Å². The van der Waals surface area contributed by atoms with Crippen LogP contribution >= 0.6 is 11.6 Å². The highest BCUT2D eigenvalue weighted by molar-refractivity contribution is 6.30. The highest BCUT2D eigenvalue weighted by Crippen LogP contribution is 2.33. The Morgan fingerprint density at radius 1 is 1.16 bits per heavy atom. The largest absolute Gasteiger partial charge is 0.497 e. The molecule has 0 aromatic heterocycles. The van der Waals surface area contributed by atoms with E-state index in [0.29, 0.717) is 16.1 Å².